The zero-order valence-corrected chi connectivity index (χ0v) is 17.3. The first-order valence-electron chi connectivity index (χ1n) is 10.8. The van der Waals surface area contributed by atoms with Crippen molar-refractivity contribution >= 4 is 29.0 Å². The van der Waals surface area contributed by atoms with Crippen LogP contribution in [0.25, 0.3) is 0 Å². The highest BCUT2D eigenvalue weighted by Crippen LogP contribution is 2.47. The summed E-state index contributed by atoms with van der Waals surface area (Å²) < 4.78 is 0. The second-order valence-corrected chi connectivity index (χ2v) is 10.5. The minimum atomic E-state index is -0.0233. The Balaban J connectivity index is 1.17. The summed E-state index contributed by atoms with van der Waals surface area (Å²) in [6.07, 6.45) is 19.2. The lowest BCUT2D eigenvalue weighted by atomic mass is 9.67. The van der Waals surface area contributed by atoms with E-state index >= 15 is 0 Å². The Morgan fingerprint density at radius 2 is 1.08 bits per heavy atom. The highest BCUT2D eigenvalue weighted by atomic mass is 35.5. The highest BCUT2D eigenvalue weighted by Gasteiger charge is 2.35. The molecule has 4 rings (SSSR count). The summed E-state index contributed by atoms with van der Waals surface area (Å²) in [6, 6.07) is 0. The Bertz CT molecular complexity index is 523. The van der Waals surface area contributed by atoms with Crippen LogP contribution in [-0.2, 0) is 4.79 Å². The molecular weight excluding hydrogens is 363 g/mol. The predicted octanol–water partition coefficient (Wildman–Crippen LogP) is 7.23. The van der Waals surface area contributed by atoms with E-state index in [2.05, 4.69) is 0 Å². The normalized spacial score (nSPS) is 35.9. The maximum Gasteiger partial charge on any atom is 0.180 e. The predicted molar refractivity (Wildman–Crippen MR) is 109 cm³/mol. The summed E-state index contributed by atoms with van der Waals surface area (Å²) in [7, 11) is 0. The fourth-order valence-electron chi connectivity index (χ4n) is 5.26. The van der Waals surface area contributed by atoms with Crippen LogP contribution in [0.3, 0.4) is 0 Å². The summed E-state index contributed by atoms with van der Waals surface area (Å²) >= 11 is 12.8. The number of carbonyl (C=O) groups excluding carboxylic acids is 1. The van der Waals surface area contributed by atoms with Crippen molar-refractivity contribution in [1.82, 2.24) is 0 Å². The molecule has 0 N–H and O–H groups in total. The van der Waals surface area contributed by atoms with E-state index in [4.69, 9.17) is 23.2 Å². The van der Waals surface area contributed by atoms with E-state index in [0.29, 0.717) is 11.8 Å². The zero-order valence-electron chi connectivity index (χ0n) is 15.8. The van der Waals surface area contributed by atoms with Gasteiger partial charge in [0.05, 0.1) is 0 Å². The fraction of sp³-hybridized carbons (Fsp3) is 0.783. The molecule has 4 aliphatic rings. The van der Waals surface area contributed by atoms with Crippen molar-refractivity contribution in [2.24, 2.45) is 35.5 Å². The number of hydrogen-bond donors (Lipinski definition) is 0. The van der Waals surface area contributed by atoms with Crippen molar-refractivity contribution in [1.29, 1.82) is 0 Å². The fourth-order valence-corrected chi connectivity index (χ4v) is 5.83. The number of rotatable bonds is 8. The van der Waals surface area contributed by atoms with Gasteiger partial charge in [0.2, 0.25) is 0 Å². The van der Waals surface area contributed by atoms with Crippen molar-refractivity contribution in [3.63, 3.8) is 0 Å². The minimum absolute atomic E-state index is 0.0233. The van der Waals surface area contributed by atoms with Crippen LogP contribution in [0.1, 0.15) is 77.0 Å². The Kier molecular flexibility index (Phi) is 6.16. The molecule has 0 amide bonds. The molecule has 0 atom stereocenters. The molecule has 4 fully saturated rings. The molecule has 0 aliphatic heterocycles. The molecule has 0 spiro atoms. The number of ketones is 1. The van der Waals surface area contributed by atoms with Gasteiger partial charge >= 0.3 is 0 Å². The van der Waals surface area contributed by atoms with E-state index in [1.807, 2.05) is 0 Å². The van der Waals surface area contributed by atoms with Gasteiger partial charge in [0, 0.05) is 22.2 Å². The average Bonchev–Trinajstić information content (AvgIpc) is 2.39. The molecule has 4 saturated carbocycles. The monoisotopic (exact) mass is 394 g/mol. The molecule has 0 aromatic carbocycles. The van der Waals surface area contributed by atoms with E-state index in [0.717, 1.165) is 33.7 Å². The molecular formula is C23H32Cl2O. The molecule has 144 valence electrons. The molecule has 0 bridgehead atoms. The SMILES string of the molecule is O=C(C=C(Cl)C1CC(CC2CCC2)C1)C=C(Cl)C1CC(CC2CCC2)C1. The summed E-state index contributed by atoms with van der Waals surface area (Å²) in [6.45, 7) is 0. The molecule has 4 aliphatic carbocycles. The van der Waals surface area contributed by atoms with E-state index < -0.39 is 0 Å². The standard InChI is InChI=1S/C23H32Cl2O/c24-22(19-9-17(10-19)7-15-3-1-4-15)13-21(26)14-23(25)20-11-18(12-20)8-16-5-2-6-16/h13-20H,1-12H2. The third kappa shape index (κ3) is 4.58. The summed E-state index contributed by atoms with van der Waals surface area (Å²) in [5.74, 6) is 4.42. The minimum Gasteiger partial charge on any atom is -0.290 e. The summed E-state index contributed by atoms with van der Waals surface area (Å²) in [5.41, 5.74) is 0. The number of halogens is 2. The van der Waals surface area contributed by atoms with Crippen molar-refractivity contribution in [3.05, 3.63) is 22.2 Å². The molecule has 26 heavy (non-hydrogen) atoms. The van der Waals surface area contributed by atoms with Gasteiger partial charge in [-0.05, 0) is 74.0 Å². The largest absolute Gasteiger partial charge is 0.290 e. The maximum absolute atomic E-state index is 12.3. The third-order valence-corrected chi connectivity index (χ3v) is 8.43. The molecule has 1 nitrogen and oxygen atoms in total. The zero-order chi connectivity index (χ0) is 18.1. The van der Waals surface area contributed by atoms with E-state index in [1.54, 1.807) is 12.2 Å². The molecule has 3 heteroatoms. The second kappa shape index (κ2) is 8.39. The van der Waals surface area contributed by atoms with Gasteiger partial charge in [-0.15, -0.1) is 0 Å². The summed E-state index contributed by atoms with van der Waals surface area (Å²) in [4.78, 5) is 12.3. The lowest BCUT2D eigenvalue weighted by Gasteiger charge is -2.39. The quantitative estimate of drug-likeness (QED) is 0.396. The first-order valence-corrected chi connectivity index (χ1v) is 11.6. The first-order chi connectivity index (χ1) is 12.6. The van der Waals surface area contributed by atoms with Gasteiger partial charge in [0.25, 0.3) is 0 Å². The van der Waals surface area contributed by atoms with Crippen LogP contribution in [0.4, 0.5) is 0 Å². The molecule has 0 aromatic heterocycles. The molecule has 0 unspecified atom stereocenters. The molecule has 0 heterocycles. The topological polar surface area (TPSA) is 17.1 Å². The van der Waals surface area contributed by atoms with Crippen molar-refractivity contribution < 1.29 is 4.79 Å². The Hall–Kier alpha value is -0.270. The van der Waals surface area contributed by atoms with Crippen LogP contribution in [-0.4, -0.2) is 5.78 Å². The maximum atomic E-state index is 12.3. The van der Waals surface area contributed by atoms with Crippen LogP contribution in [0.5, 0.6) is 0 Å². The lowest BCUT2D eigenvalue weighted by Crippen LogP contribution is -2.28. The third-order valence-electron chi connectivity index (χ3n) is 7.59. The number of allylic oxidation sites excluding steroid dienone is 4. The molecule has 0 aromatic rings. The van der Waals surface area contributed by atoms with Crippen molar-refractivity contribution in [3.8, 4) is 0 Å². The smallest absolute Gasteiger partial charge is 0.180 e. The van der Waals surface area contributed by atoms with Crippen LogP contribution in [0.15, 0.2) is 22.2 Å². The number of hydrogen-bond acceptors (Lipinski definition) is 1. The van der Waals surface area contributed by atoms with Crippen LogP contribution in [0, 0.1) is 35.5 Å². The Morgan fingerprint density at radius 3 is 1.38 bits per heavy atom. The first kappa shape index (κ1) is 19.1. The Labute approximate surface area is 168 Å². The van der Waals surface area contributed by atoms with Gasteiger partial charge in [-0.25, -0.2) is 0 Å². The summed E-state index contributed by atoms with van der Waals surface area (Å²) in [5, 5.41) is 1.49. The van der Waals surface area contributed by atoms with Crippen LogP contribution in [0.2, 0.25) is 0 Å². The highest BCUT2D eigenvalue weighted by molar-refractivity contribution is 6.33. The van der Waals surface area contributed by atoms with Crippen LogP contribution >= 0.6 is 23.2 Å². The Morgan fingerprint density at radius 1 is 0.692 bits per heavy atom. The van der Waals surface area contributed by atoms with Gasteiger partial charge in [-0.1, -0.05) is 61.7 Å². The van der Waals surface area contributed by atoms with E-state index in [1.165, 1.54) is 77.0 Å². The van der Waals surface area contributed by atoms with E-state index in [-0.39, 0.29) is 5.78 Å². The number of carbonyl (C=O) groups is 1. The lowest BCUT2D eigenvalue weighted by molar-refractivity contribution is -0.110. The molecule has 0 saturated heterocycles. The van der Waals surface area contributed by atoms with Gasteiger partial charge < -0.3 is 0 Å². The van der Waals surface area contributed by atoms with E-state index in [9.17, 15) is 4.79 Å². The average molecular weight is 395 g/mol. The van der Waals surface area contributed by atoms with Gasteiger partial charge in [-0.3, -0.25) is 4.79 Å². The second-order valence-electron chi connectivity index (χ2n) is 9.59. The van der Waals surface area contributed by atoms with Crippen molar-refractivity contribution in [2.45, 2.75) is 77.0 Å². The van der Waals surface area contributed by atoms with Gasteiger partial charge in [-0.2, -0.15) is 0 Å². The molecule has 0 radical (unpaired) electrons. The van der Waals surface area contributed by atoms with Crippen molar-refractivity contribution in [2.75, 3.05) is 0 Å². The van der Waals surface area contributed by atoms with Gasteiger partial charge in [0.15, 0.2) is 5.78 Å². The van der Waals surface area contributed by atoms with Gasteiger partial charge in [0.1, 0.15) is 0 Å². The van der Waals surface area contributed by atoms with Crippen LogP contribution < -0.4 is 0 Å².